The average Bonchev–Trinajstić information content (AvgIpc) is 2.88. The molecule has 0 bridgehead atoms. The summed E-state index contributed by atoms with van der Waals surface area (Å²) >= 11 is 0. The Labute approximate surface area is 239 Å². The molecule has 4 aromatic rings. The molecule has 6 nitrogen and oxygen atoms in total. The molecule has 36 heavy (non-hydrogen) atoms. The molecule has 8 heteroatoms. The normalized spacial score (nSPS) is 8.89. The van der Waals surface area contributed by atoms with Gasteiger partial charge in [-0.3, -0.25) is 4.79 Å². The van der Waals surface area contributed by atoms with E-state index in [-0.39, 0.29) is 53.2 Å². The smallest absolute Gasteiger partial charge is 1.00 e. The fourth-order valence-electron chi connectivity index (χ4n) is 2.83. The molecule has 0 N–H and O–H groups in total. The number of hydrogen-bond acceptors (Lipinski definition) is 6. The van der Waals surface area contributed by atoms with Gasteiger partial charge in [0, 0.05) is 19.3 Å². The zero-order chi connectivity index (χ0) is 23.3. The van der Waals surface area contributed by atoms with Crippen LogP contribution in [-0.4, -0.2) is 38.8 Å². The molecular formula is C28H26BrMgN3O3. The third-order valence-corrected chi connectivity index (χ3v) is 4.46. The van der Waals surface area contributed by atoms with E-state index in [1.54, 1.807) is 36.7 Å². The number of rotatable bonds is 7. The van der Waals surface area contributed by atoms with E-state index in [9.17, 15) is 4.79 Å². The van der Waals surface area contributed by atoms with Crippen LogP contribution in [-0.2, 0) is 13.2 Å². The second-order valence-corrected chi connectivity index (χ2v) is 6.92. The van der Waals surface area contributed by atoms with E-state index in [1.165, 1.54) is 6.92 Å². The Bertz CT molecular complexity index is 1220. The summed E-state index contributed by atoms with van der Waals surface area (Å²) in [7, 11) is 0. The van der Waals surface area contributed by atoms with Crippen LogP contribution in [0.5, 0.6) is 11.5 Å². The summed E-state index contributed by atoms with van der Waals surface area (Å²) in [5, 5.41) is 8.82. The molecule has 0 saturated heterocycles. The van der Waals surface area contributed by atoms with Crippen molar-refractivity contribution in [3.05, 3.63) is 127 Å². The molecule has 180 valence electrons. The number of ether oxygens (including phenoxy) is 2. The number of nitriles is 1. The monoisotopic (exact) mass is 555 g/mol. The van der Waals surface area contributed by atoms with Gasteiger partial charge in [0.1, 0.15) is 30.7 Å². The first-order chi connectivity index (χ1) is 16.2. The molecule has 0 saturated carbocycles. The predicted molar refractivity (Wildman–Crippen MR) is 137 cm³/mol. The Balaban J connectivity index is 0.000000629. The molecular weight excluding hydrogens is 531 g/mol. The van der Waals surface area contributed by atoms with Crippen molar-refractivity contribution in [1.82, 2.24) is 9.97 Å². The van der Waals surface area contributed by atoms with Crippen LogP contribution in [0.3, 0.4) is 0 Å². The number of aromatic nitrogens is 2. The maximum Gasteiger partial charge on any atom is 2.00 e. The molecule has 2 heterocycles. The Morgan fingerprint density at radius 1 is 0.778 bits per heavy atom. The molecule has 2 aromatic carbocycles. The first-order valence-electron chi connectivity index (χ1n) is 10.3. The summed E-state index contributed by atoms with van der Waals surface area (Å²) < 4.78 is 11.1. The molecule has 0 atom stereocenters. The van der Waals surface area contributed by atoms with Crippen molar-refractivity contribution < 1.29 is 31.2 Å². The molecule has 0 spiro atoms. The van der Waals surface area contributed by atoms with Crippen LogP contribution in [0, 0.1) is 18.8 Å². The third kappa shape index (κ3) is 10.6. The van der Waals surface area contributed by atoms with Gasteiger partial charge in [0.05, 0.1) is 0 Å². The average molecular weight is 557 g/mol. The third-order valence-electron chi connectivity index (χ3n) is 4.46. The molecule has 0 aliphatic rings. The molecule has 4 rings (SSSR count). The van der Waals surface area contributed by atoms with Crippen LogP contribution in [0.15, 0.2) is 97.3 Å². The Morgan fingerprint density at radius 2 is 1.25 bits per heavy atom. The van der Waals surface area contributed by atoms with Gasteiger partial charge in [-0.15, -0.1) is 0 Å². The van der Waals surface area contributed by atoms with Crippen molar-refractivity contribution in [2.24, 2.45) is 0 Å². The first kappa shape index (κ1) is 32.7. The number of Topliss-reactive ketones (excluding diaryl/α,β-unsaturated/α-hetero) is 1. The quantitative estimate of drug-likeness (QED) is 0.198. The van der Waals surface area contributed by atoms with E-state index < -0.39 is 0 Å². The van der Waals surface area contributed by atoms with Crippen molar-refractivity contribution in [3.63, 3.8) is 0 Å². The molecule has 0 aliphatic carbocycles. The standard InChI is InChI=1S/C14H13NO2.C13H10N2O.CH3.BrH.Mg/c1-11(16)14-13(8-5-9-15-14)17-10-12-6-3-2-4-7-12;14-9-12-13(7-4-8-15-12)16-10-11-5-2-1-3-6-11;;;/h2-9H,10H2,1H3;1-8H,10H2;1H3;1H;/q;;-1;;+2/p-1. The fraction of sp³-hybridized carbons (Fsp3) is 0.107. The van der Waals surface area contributed by atoms with Crippen LogP contribution >= 0.6 is 0 Å². The SMILES string of the molecule is CC(=O)c1ncccc1OCc1ccccc1.N#Cc1ncccc1OCc1ccccc1.[Br-].[CH3-].[Mg+2]. The molecule has 0 unspecified atom stereocenters. The van der Waals surface area contributed by atoms with Crippen molar-refractivity contribution in [2.75, 3.05) is 0 Å². The van der Waals surface area contributed by atoms with Crippen LogP contribution in [0.1, 0.15) is 34.2 Å². The topological polar surface area (TPSA) is 85.1 Å². The van der Waals surface area contributed by atoms with Crippen LogP contribution in [0.4, 0.5) is 0 Å². The zero-order valence-electron chi connectivity index (χ0n) is 20.3. The summed E-state index contributed by atoms with van der Waals surface area (Å²) in [4.78, 5) is 19.3. The van der Waals surface area contributed by atoms with E-state index in [0.717, 1.165) is 11.1 Å². The van der Waals surface area contributed by atoms with Gasteiger partial charge in [0.2, 0.25) is 0 Å². The van der Waals surface area contributed by atoms with Gasteiger partial charge in [0.15, 0.2) is 17.2 Å². The van der Waals surface area contributed by atoms with Crippen molar-refractivity contribution in [3.8, 4) is 17.6 Å². The summed E-state index contributed by atoms with van der Waals surface area (Å²) in [6, 6.07) is 28.6. The van der Waals surface area contributed by atoms with Crippen LogP contribution in [0.2, 0.25) is 0 Å². The fourth-order valence-corrected chi connectivity index (χ4v) is 2.83. The molecule has 0 amide bonds. The number of ketones is 1. The molecule has 2 aromatic heterocycles. The van der Waals surface area contributed by atoms with Crippen molar-refractivity contribution in [2.45, 2.75) is 20.1 Å². The van der Waals surface area contributed by atoms with E-state index in [2.05, 4.69) is 9.97 Å². The molecule has 0 fully saturated rings. The summed E-state index contributed by atoms with van der Waals surface area (Å²) in [5.74, 6) is 0.964. The molecule has 0 aliphatic heterocycles. The number of halogens is 1. The maximum absolute atomic E-state index is 11.3. The van der Waals surface area contributed by atoms with Gasteiger partial charge < -0.3 is 33.9 Å². The van der Waals surface area contributed by atoms with E-state index in [0.29, 0.717) is 36.1 Å². The van der Waals surface area contributed by atoms with Gasteiger partial charge in [-0.1, -0.05) is 60.7 Å². The number of carbonyl (C=O) groups is 1. The van der Waals surface area contributed by atoms with Gasteiger partial charge >= 0.3 is 23.1 Å². The Hall–Kier alpha value is -3.25. The van der Waals surface area contributed by atoms with Crippen molar-refractivity contribution >= 4 is 28.8 Å². The van der Waals surface area contributed by atoms with E-state index in [1.807, 2.05) is 66.7 Å². The second-order valence-electron chi connectivity index (χ2n) is 6.92. The summed E-state index contributed by atoms with van der Waals surface area (Å²) in [5.41, 5.74) is 2.82. The predicted octanol–water partition coefficient (Wildman–Crippen LogP) is 2.47. The van der Waals surface area contributed by atoms with Crippen LogP contribution in [0.25, 0.3) is 0 Å². The molecule has 0 radical (unpaired) electrons. The van der Waals surface area contributed by atoms with Gasteiger partial charge in [-0.2, -0.15) is 5.26 Å². The largest absolute Gasteiger partial charge is 2.00 e. The Kier molecular flexibility index (Phi) is 16.4. The first-order valence-corrected chi connectivity index (χ1v) is 10.3. The minimum absolute atomic E-state index is 0. The minimum atomic E-state index is -0.0892. The number of benzene rings is 2. The Morgan fingerprint density at radius 3 is 1.75 bits per heavy atom. The van der Waals surface area contributed by atoms with Crippen molar-refractivity contribution in [1.29, 1.82) is 5.26 Å². The number of hydrogen-bond donors (Lipinski definition) is 0. The zero-order valence-corrected chi connectivity index (χ0v) is 23.3. The minimum Gasteiger partial charge on any atom is -1.00 e. The van der Waals surface area contributed by atoms with Gasteiger partial charge in [0.25, 0.3) is 0 Å². The van der Waals surface area contributed by atoms with Gasteiger partial charge in [-0.25, -0.2) is 9.97 Å². The number of nitrogens with zero attached hydrogens (tertiary/aromatic N) is 3. The van der Waals surface area contributed by atoms with E-state index in [4.69, 9.17) is 14.7 Å². The second kappa shape index (κ2) is 18.1. The number of carbonyl (C=O) groups excluding carboxylic acids is 1. The maximum atomic E-state index is 11.3. The van der Waals surface area contributed by atoms with Crippen LogP contribution < -0.4 is 26.5 Å². The number of pyridine rings is 2. The summed E-state index contributed by atoms with van der Waals surface area (Å²) in [6.45, 7) is 2.37. The van der Waals surface area contributed by atoms with Gasteiger partial charge in [-0.05, 0) is 35.4 Å². The summed E-state index contributed by atoms with van der Waals surface area (Å²) in [6.07, 6.45) is 3.17. The van der Waals surface area contributed by atoms with E-state index >= 15 is 0 Å².